The fourth-order valence-electron chi connectivity index (χ4n) is 3.86. The van der Waals surface area contributed by atoms with Gasteiger partial charge >= 0.3 is 5.82 Å². The lowest BCUT2D eigenvalue weighted by molar-refractivity contribution is -0.391. The molecule has 0 bridgehead atoms. The van der Waals surface area contributed by atoms with E-state index >= 15 is 0 Å². The largest absolute Gasteiger partial charge is 0.368 e. The molecule has 4 aromatic rings. The van der Waals surface area contributed by atoms with Crippen molar-refractivity contribution in [1.82, 2.24) is 29.6 Å². The summed E-state index contributed by atoms with van der Waals surface area (Å²) in [6.45, 7) is 7.09. The van der Waals surface area contributed by atoms with E-state index in [2.05, 4.69) is 36.9 Å². The minimum Gasteiger partial charge on any atom is -0.358 e. The zero-order valence-electron chi connectivity index (χ0n) is 17.7. The SMILES string of the molecule is Cc1ccc(-c2noc(C(C)N3CCN(c4ccc5ncc([N+](=O)[O-])n5n4)CC3)n2)cc1. The summed E-state index contributed by atoms with van der Waals surface area (Å²) in [5.74, 6) is 1.72. The standard InChI is InChI=1S/C21H22N8O3/c1-14-3-5-16(6-4-14)20-23-21(32-25-20)15(2)26-9-11-27(12-10-26)18-8-7-17-22-13-19(29(30)31)28(17)24-18/h3-8,13,15H,9-12H2,1-2H3. The number of aryl methyl sites for hydroxylation is 1. The van der Waals surface area contributed by atoms with Crippen LogP contribution < -0.4 is 4.90 Å². The van der Waals surface area contributed by atoms with Gasteiger partial charge in [0.15, 0.2) is 5.82 Å². The maximum absolute atomic E-state index is 11.2. The number of aromatic nitrogens is 5. The third kappa shape index (κ3) is 3.66. The first-order valence-corrected chi connectivity index (χ1v) is 10.4. The van der Waals surface area contributed by atoms with Gasteiger partial charge in [-0.25, -0.2) is 4.98 Å². The second-order valence-corrected chi connectivity index (χ2v) is 7.86. The number of rotatable bonds is 5. The van der Waals surface area contributed by atoms with Crippen LogP contribution in [0.25, 0.3) is 17.0 Å². The Hall–Kier alpha value is -3.86. The van der Waals surface area contributed by atoms with Crippen LogP contribution in [0.5, 0.6) is 0 Å². The van der Waals surface area contributed by atoms with E-state index in [9.17, 15) is 10.1 Å². The number of benzene rings is 1. The van der Waals surface area contributed by atoms with Crippen LogP contribution in [0.1, 0.15) is 24.4 Å². The first kappa shape index (κ1) is 20.1. The minimum absolute atomic E-state index is 0.0194. The molecular weight excluding hydrogens is 412 g/mol. The molecule has 1 aromatic carbocycles. The highest BCUT2D eigenvalue weighted by atomic mass is 16.6. The average molecular weight is 434 g/mol. The van der Waals surface area contributed by atoms with Gasteiger partial charge in [0.1, 0.15) is 6.20 Å². The van der Waals surface area contributed by atoms with E-state index in [4.69, 9.17) is 4.52 Å². The van der Waals surface area contributed by atoms with Crippen molar-refractivity contribution < 1.29 is 9.45 Å². The Morgan fingerprint density at radius 3 is 2.56 bits per heavy atom. The summed E-state index contributed by atoms with van der Waals surface area (Å²) in [5, 5.41) is 19.8. The summed E-state index contributed by atoms with van der Waals surface area (Å²) in [4.78, 5) is 23.7. The molecule has 0 saturated carbocycles. The van der Waals surface area contributed by atoms with Crippen LogP contribution in [0, 0.1) is 17.0 Å². The molecule has 1 atom stereocenters. The Morgan fingerprint density at radius 1 is 1.09 bits per heavy atom. The van der Waals surface area contributed by atoms with Gasteiger partial charge in [0.05, 0.1) is 6.04 Å². The number of fused-ring (bicyclic) bond motifs is 1. The van der Waals surface area contributed by atoms with Gasteiger partial charge in [0.2, 0.25) is 17.4 Å². The van der Waals surface area contributed by atoms with Crippen molar-refractivity contribution >= 4 is 17.3 Å². The summed E-state index contributed by atoms with van der Waals surface area (Å²) in [7, 11) is 0. The molecule has 0 spiro atoms. The normalized spacial score (nSPS) is 15.9. The second-order valence-electron chi connectivity index (χ2n) is 7.86. The zero-order valence-corrected chi connectivity index (χ0v) is 17.7. The van der Waals surface area contributed by atoms with Crippen molar-refractivity contribution in [1.29, 1.82) is 0 Å². The third-order valence-electron chi connectivity index (χ3n) is 5.81. The van der Waals surface area contributed by atoms with Crippen molar-refractivity contribution in [3.05, 3.63) is 64.2 Å². The molecule has 5 rings (SSSR count). The van der Waals surface area contributed by atoms with Gasteiger partial charge in [0.25, 0.3) is 0 Å². The lowest BCUT2D eigenvalue weighted by Crippen LogP contribution is -2.47. The van der Waals surface area contributed by atoms with Crippen molar-refractivity contribution in [2.45, 2.75) is 19.9 Å². The van der Waals surface area contributed by atoms with Gasteiger partial charge in [-0.05, 0) is 24.8 Å². The predicted octanol–water partition coefficient (Wildman–Crippen LogP) is 2.88. The van der Waals surface area contributed by atoms with Crippen LogP contribution in [0.3, 0.4) is 0 Å². The molecule has 1 fully saturated rings. The monoisotopic (exact) mass is 434 g/mol. The summed E-state index contributed by atoms with van der Waals surface area (Å²) in [5.41, 5.74) is 2.56. The Bertz CT molecular complexity index is 1260. The van der Waals surface area contributed by atoms with Crippen molar-refractivity contribution in [3.8, 4) is 11.4 Å². The van der Waals surface area contributed by atoms with Crippen LogP contribution in [-0.4, -0.2) is 60.7 Å². The molecule has 1 unspecified atom stereocenters. The number of anilines is 1. The van der Waals surface area contributed by atoms with E-state index in [0.29, 0.717) is 23.2 Å². The molecule has 4 heterocycles. The molecule has 1 aliphatic heterocycles. The van der Waals surface area contributed by atoms with Crippen LogP contribution in [0.4, 0.5) is 11.6 Å². The molecule has 0 amide bonds. The summed E-state index contributed by atoms with van der Waals surface area (Å²) in [6, 6.07) is 11.6. The lowest BCUT2D eigenvalue weighted by Gasteiger charge is -2.36. The highest BCUT2D eigenvalue weighted by Crippen LogP contribution is 2.25. The first-order chi connectivity index (χ1) is 15.5. The van der Waals surface area contributed by atoms with Crippen LogP contribution >= 0.6 is 0 Å². The van der Waals surface area contributed by atoms with Crippen LogP contribution in [0.2, 0.25) is 0 Å². The second kappa shape index (κ2) is 8.00. The minimum atomic E-state index is -0.480. The van der Waals surface area contributed by atoms with Gasteiger partial charge in [-0.1, -0.05) is 44.6 Å². The topological polar surface area (TPSA) is 119 Å². The fourth-order valence-corrected chi connectivity index (χ4v) is 3.86. The molecule has 164 valence electrons. The first-order valence-electron chi connectivity index (χ1n) is 10.4. The highest BCUT2D eigenvalue weighted by molar-refractivity contribution is 5.54. The summed E-state index contributed by atoms with van der Waals surface area (Å²) < 4.78 is 6.82. The molecule has 0 radical (unpaired) electrons. The Balaban J connectivity index is 1.26. The molecular formula is C21H22N8O3. The average Bonchev–Trinajstić information content (AvgIpc) is 3.46. The summed E-state index contributed by atoms with van der Waals surface area (Å²) in [6.07, 6.45) is 1.22. The van der Waals surface area contributed by atoms with Gasteiger partial charge in [-0.15, -0.1) is 0 Å². The molecule has 0 N–H and O–H groups in total. The Labute approximate surface area is 183 Å². The third-order valence-corrected chi connectivity index (χ3v) is 5.81. The van der Waals surface area contributed by atoms with Crippen molar-refractivity contribution in [2.24, 2.45) is 0 Å². The maximum atomic E-state index is 11.2. The molecule has 1 aliphatic rings. The highest BCUT2D eigenvalue weighted by Gasteiger charge is 2.27. The van der Waals surface area contributed by atoms with Gasteiger partial charge in [-0.3, -0.25) is 4.90 Å². The molecule has 0 aliphatic carbocycles. The number of piperazine rings is 1. The van der Waals surface area contributed by atoms with E-state index < -0.39 is 4.92 Å². The van der Waals surface area contributed by atoms with E-state index in [-0.39, 0.29) is 11.9 Å². The van der Waals surface area contributed by atoms with E-state index in [1.54, 1.807) is 6.07 Å². The molecule has 3 aromatic heterocycles. The van der Waals surface area contributed by atoms with Crippen LogP contribution in [-0.2, 0) is 0 Å². The Kier molecular flexibility index (Phi) is 5.02. The fraction of sp³-hybridized carbons (Fsp3) is 0.333. The van der Waals surface area contributed by atoms with E-state index in [1.807, 2.05) is 37.3 Å². The number of hydrogen-bond donors (Lipinski definition) is 0. The molecule has 1 saturated heterocycles. The number of nitro groups is 1. The van der Waals surface area contributed by atoms with E-state index in [0.717, 1.165) is 31.7 Å². The number of nitrogens with zero attached hydrogens (tertiary/aromatic N) is 8. The quantitative estimate of drug-likeness (QED) is 0.345. The van der Waals surface area contributed by atoms with Gasteiger partial charge < -0.3 is 19.5 Å². The maximum Gasteiger partial charge on any atom is 0.368 e. The molecule has 11 heteroatoms. The van der Waals surface area contributed by atoms with E-state index in [1.165, 1.54) is 16.3 Å². The van der Waals surface area contributed by atoms with Gasteiger partial charge in [-0.2, -0.15) is 4.98 Å². The lowest BCUT2D eigenvalue weighted by atomic mass is 10.1. The number of hydrogen-bond acceptors (Lipinski definition) is 9. The summed E-state index contributed by atoms with van der Waals surface area (Å²) >= 11 is 0. The zero-order chi connectivity index (χ0) is 22.2. The van der Waals surface area contributed by atoms with Crippen LogP contribution in [0.15, 0.2) is 47.1 Å². The van der Waals surface area contributed by atoms with Gasteiger partial charge in [0, 0.05) is 37.8 Å². The molecule has 32 heavy (non-hydrogen) atoms. The van der Waals surface area contributed by atoms with Crippen molar-refractivity contribution in [3.63, 3.8) is 0 Å². The predicted molar refractivity (Wildman–Crippen MR) is 116 cm³/mol. The van der Waals surface area contributed by atoms with Crippen molar-refractivity contribution in [2.75, 3.05) is 31.1 Å². The smallest absolute Gasteiger partial charge is 0.358 e. The Morgan fingerprint density at radius 2 is 1.84 bits per heavy atom. The molecule has 11 nitrogen and oxygen atoms in total. The number of imidazole rings is 1.